The number of nitrogens with zero attached hydrogens (tertiary/aromatic N) is 3. The summed E-state index contributed by atoms with van der Waals surface area (Å²) in [7, 11) is 0. The van der Waals surface area contributed by atoms with Gasteiger partial charge in [0.15, 0.2) is 0 Å². The number of piperazine rings is 1. The zero-order valence-electron chi connectivity index (χ0n) is 14.0. The molecule has 0 radical (unpaired) electrons. The van der Waals surface area contributed by atoms with E-state index in [1.165, 1.54) is 11.1 Å². The van der Waals surface area contributed by atoms with Crippen LogP contribution >= 0.6 is 0 Å². The molecule has 2 heterocycles. The molecule has 1 aliphatic heterocycles. The number of carbonyl (C=O) groups excluding carboxylic acids is 1. The molecule has 0 bridgehead atoms. The first-order valence-corrected chi connectivity index (χ1v) is 8.39. The van der Waals surface area contributed by atoms with Gasteiger partial charge in [-0.2, -0.15) is 0 Å². The summed E-state index contributed by atoms with van der Waals surface area (Å²) in [4.78, 5) is 20.2. The van der Waals surface area contributed by atoms with E-state index >= 15 is 0 Å². The Morgan fingerprint density at radius 1 is 1.08 bits per heavy atom. The van der Waals surface area contributed by atoms with Crippen molar-refractivity contribution in [3.05, 3.63) is 54.4 Å². The number of hydrogen-bond acceptors (Lipinski definition) is 4. The minimum Gasteiger partial charge on any atom is -0.450 e. The first-order chi connectivity index (χ1) is 11.8. The molecule has 0 aliphatic carbocycles. The van der Waals surface area contributed by atoms with E-state index in [0.717, 1.165) is 25.2 Å². The minimum absolute atomic E-state index is 0.204. The van der Waals surface area contributed by atoms with E-state index in [9.17, 15) is 4.79 Å². The molecule has 126 valence electrons. The number of pyridine rings is 1. The van der Waals surface area contributed by atoms with Crippen LogP contribution in [0.2, 0.25) is 0 Å². The molecule has 0 spiro atoms. The van der Waals surface area contributed by atoms with Gasteiger partial charge in [-0.3, -0.25) is 9.88 Å². The van der Waals surface area contributed by atoms with Crippen LogP contribution in [0.3, 0.4) is 0 Å². The number of ether oxygens (including phenoxy) is 1. The fourth-order valence-corrected chi connectivity index (χ4v) is 2.92. The minimum atomic E-state index is -0.204. The van der Waals surface area contributed by atoms with Crippen molar-refractivity contribution in [3.8, 4) is 11.1 Å². The fourth-order valence-electron chi connectivity index (χ4n) is 2.92. The predicted octanol–water partition coefficient (Wildman–Crippen LogP) is 3.02. The van der Waals surface area contributed by atoms with E-state index in [2.05, 4.69) is 28.1 Å². The molecule has 1 amide bonds. The Balaban J connectivity index is 1.59. The Hall–Kier alpha value is -2.40. The van der Waals surface area contributed by atoms with Gasteiger partial charge < -0.3 is 9.64 Å². The van der Waals surface area contributed by atoms with Crippen LogP contribution in [0, 0.1) is 0 Å². The summed E-state index contributed by atoms with van der Waals surface area (Å²) in [6.07, 6.45) is 3.62. The number of hydrogen-bond donors (Lipinski definition) is 0. The van der Waals surface area contributed by atoms with E-state index in [1.54, 1.807) is 4.90 Å². The van der Waals surface area contributed by atoms with Crippen molar-refractivity contribution in [2.24, 2.45) is 0 Å². The average molecular weight is 325 g/mol. The highest BCUT2D eigenvalue weighted by Crippen LogP contribution is 2.19. The third kappa shape index (κ3) is 4.11. The van der Waals surface area contributed by atoms with Gasteiger partial charge in [0.2, 0.25) is 0 Å². The van der Waals surface area contributed by atoms with Gasteiger partial charge in [0.25, 0.3) is 0 Å². The number of rotatable bonds is 4. The van der Waals surface area contributed by atoms with Crippen LogP contribution in [0.4, 0.5) is 4.79 Å². The molecule has 0 N–H and O–H groups in total. The molecule has 5 heteroatoms. The SMILES string of the molecule is CCOC(=O)N1CCN(Cc2cncc(-c3ccccc3)c2)CC1. The molecule has 1 fully saturated rings. The van der Waals surface area contributed by atoms with Crippen LogP contribution in [-0.4, -0.2) is 53.7 Å². The maximum absolute atomic E-state index is 11.7. The summed E-state index contributed by atoms with van der Waals surface area (Å²) in [5.41, 5.74) is 3.51. The first-order valence-electron chi connectivity index (χ1n) is 8.39. The van der Waals surface area contributed by atoms with E-state index in [-0.39, 0.29) is 6.09 Å². The van der Waals surface area contributed by atoms with Gasteiger partial charge in [-0.05, 0) is 24.1 Å². The maximum Gasteiger partial charge on any atom is 0.409 e. The van der Waals surface area contributed by atoms with Crippen molar-refractivity contribution in [2.45, 2.75) is 13.5 Å². The van der Waals surface area contributed by atoms with Crippen LogP contribution in [0.5, 0.6) is 0 Å². The van der Waals surface area contributed by atoms with Crippen molar-refractivity contribution >= 4 is 6.09 Å². The lowest BCUT2D eigenvalue weighted by Gasteiger charge is -2.34. The van der Waals surface area contributed by atoms with E-state index < -0.39 is 0 Å². The Labute approximate surface area is 142 Å². The van der Waals surface area contributed by atoms with Crippen molar-refractivity contribution in [3.63, 3.8) is 0 Å². The molecule has 1 aromatic heterocycles. The van der Waals surface area contributed by atoms with Gasteiger partial charge in [-0.15, -0.1) is 0 Å². The van der Waals surface area contributed by atoms with Gasteiger partial charge in [0.05, 0.1) is 6.61 Å². The molecule has 5 nitrogen and oxygen atoms in total. The fraction of sp³-hybridized carbons (Fsp3) is 0.368. The smallest absolute Gasteiger partial charge is 0.409 e. The number of amides is 1. The third-order valence-electron chi connectivity index (χ3n) is 4.21. The molecule has 1 aliphatic rings. The van der Waals surface area contributed by atoms with Gasteiger partial charge in [0, 0.05) is 50.7 Å². The van der Waals surface area contributed by atoms with Crippen LogP contribution < -0.4 is 0 Å². The van der Waals surface area contributed by atoms with E-state index in [1.807, 2.05) is 37.5 Å². The molecule has 0 unspecified atom stereocenters. The van der Waals surface area contributed by atoms with E-state index in [4.69, 9.17) is 4.74 Å². The number of carbonyl (C=O) groups is 1. The third-order valence-corrected chi connectivity index (χ3v) is 4.21. The highest BCUT2D eigenvalue weighted by Gasteiger charge is 2.21. The predicted molar refractivity (Wildman–Crippen MR) is 93.5 cm³/mol. The zero-order valence-corrected chi connectivity index (χ0v) is 14.0. The topological polar surface area (TPSA) is 45.7 Å². The highest BCUT2D eigenvalue weighted by molar-refractivity contribution is 5.67. The summed E-state index contributed by atoms with van der Waals surface area (Å²) in [6, 6.07) is 12.5. The Bertz CT molecular complexity index is 667. The Morgan fingerprint density at radius 3 is 2.54 bits per heavy atom. The van der Waals surface area contributed by atoms with Crippen LogP contribution in [-0.2, 0) is 11.3 Å². The summed E-state index contributed by atoms with van der Waals surface area (Å²) in [5, 5.41) is 0. The molecule has 0 saturated carbocycles. The summed E-state index contributed by atoms with van der Waals surface area (Å²) in [5.74, 6) is 0. The number of benzene rings is 1. The monoisotopic (exact) mass is 325 g/mol. The van der Waals surface area contributed by atoms with Crippen LogP contribution in [0.25, 0.3) is 11.1 Å². The first kappa shape index (κ1) is 16.5. The summed E-state index contributed by atoms with van der Waals surface area (Å²) >= 11 is 0. The second-order valence-corrected chi connectivity index (χ2v) is 5.91. The lowest BCUT2D eigenvalue weighted by molar-refractivity contribution is 0.0778. The molecule has 1 saturated heterocycles. The van der Waals surface area contributed by atoms with Crippen molar-refractivity contribution in [2.75, 3.05) is 32.8 Å². The van der Waals surface area contributed by atoms with Crippen LogP contribution in [0.15, 0.2) is 48.8 Å². The second-order valence-electron chi connectivity index (χ2n) is 5.91. The molecule has 24 heavy (non-hydrogen) atoms. The standard InChI is InChI=1S/C19H23N3O2/c1-2-24-19(23)22-10-8-21(9-11-22)15-16-12-18(14-20-13-16)17-6-4-3-5-7-17/h3-7,12-14H,2,8-11,15H2,1H3. The van der Waals surface area contributed by atoms with Gasteiger partial charge in [0.1, 0.15) is 0 Å². The van der Waals surface area contributed by atoms with Crippen LogP contribution in [0.1, 0.15) is 12.5 Å². The summed E-state index contributed by atoms with van der Waals surface area (Å²) in [6.45, 7) is 6.25. The average Bonchev–Trinajstić information content (AvgIpc) is 2.63. The Kier molecular flexibility index (Phi) is 5.43. The van der Waals surface area contributed by atoms with Gasteiger partial charge in [-0.25, -0.2) is 4.79 Å². The van der Waals surface area contributed by atoms with Gasteiger partial charge >= 0.3 is 6.09 Å². The largest absolute Gasteiger partial charge is 0.450 e. The van der Waals surface area contributed by atoms with Gasteiger partial charge in [-0.1, -0.05) is 30.3 Å². The molecular weight excluding hydrogens is 302 g/mol. The Morgan fingerprint density at radius 2 is 1.83 bits per heavy atom. The lowest BCUT2D eigenvalue weighted by atomic mass is 10.1. The zero-order chi connectivity index (χ0) is 16.8. The lowest BCUT2D eigenvalue weighted by Crippen LogP contribution is -2.48. The molecule has 3 rings (SSSR count). The van der Waals surface area contributed by atoms with E-state index in [0.29, 0.717) is 19.7 Å². The molecule has 0 atom stereocenters. The highest BCUT2D eigenvalue weighted by atomic mass is 16.6. The second kappa shape index (κ2) is 7.93. The van der Waals surface area contributed by atoms with Crippen molar-refractivity contribution in [1.82, 2.24) is 14.8 Å². The molecule has 1 aromatic carbocycles. The number of aromatic nitrogens is 1. The van der Waals surface area contributed by atoms with Crippen molar-refractivity contribution < 1.29 is 9.53 Å². The molecular formula is C19H23N3O2. The maximum atomic E-state index is 11.7. The quantitative estimate of drug-likeness (QED) is 0.867. The van der Waals surface area contributed by atoms with Crippen molar-refractivity contribution in [1.29, 1.82) is 0 Å². The normalized spacial score (nSPS) is 15.3. The molecule has 2 aromatic rings. The summed E-state index contributed by atoms with van der Waals surface area (Å²) < 4.78 is 5.06.